The third-order valence-corrected chi connectivity index (χ3v) is 6.25. The summed E-state index contributed by atoms with van der Waals surface area (Å²) in [6.45, 7) is 0. The molecule has 2 aromatic heterocycles. The minimum absolute atomic E-state index is 0.197. The van der Waals surface area contributed by atoms with Crippen LogP contribution in [-0.2, 0) is 14.6 Å². The number of nitrogens with one attached hydrogen (secondary N) is 1. The molecule has 9 heteroatoms. The molecule has 1 N–H and O–H groups in total. The second-order valence-electron chi connectivity index (χ2n) is 5.33. The van der Waals surface area contributed by atoms with Gasteiger partial charge in [0.25, 0.3) is 5.91 Å². The molecule has 3 rings (SSSR count). The van der Waals surface area contributed by atoms with Crippen molar-refractivity contribution >= 4 is 66.8 Å². The Morgan fingerprint density at radius 3 is 2.50 bits per heavy atom. The van der Waals surface area contributed by atoms with Crippen LogP contribution < -0.4 is 5.32 Å². The van der Waals surface area contributed by atoms with Gasteiger partial charge in [0.05, 0.1) is 11.1 Å². The molecule has 0 aliphatic heterocycles. The van der Waals surface area contributed by atoms with Crippen molar-refractivity contribution in [3.8, 4) is 0 Å². The molecular weight excluding hydrogens is 412 g/mol. The number of amides is 1. The van der Waals surface area contributed by atoms with Gasteiger partial charge >= 0.3 is 0 Å². The van der Waals surface area contributed by atoms with Crippen LogP contribution >= 0.6 is 34.3 Å². The lowest BCUT2D eigenvalue weighted by Gasteiger charge is -2.08. The van der Waals surface area contributed by atoms with Gasteiger partial charge in [0.15, 0.2) is 15.0 Å². The van der Waals surface area contributed by atoms with Crippen molar-refractivity contribution in [2.75, 3.05) is 11.6 Å². The first-order valence-corrected chi connectivity index (χ1v) is 11.3. The van der Waals surface area contributed by atoms with Crippen LogP contribution in [0.3, 0.4) is 0 Å². The van der Waals surface area contributed by atoms with Crippen LogP contribution in [0.25, 0.3) is 11.6 Å². The minimum Gasteiger partial charge on any atom is -0.298 e. The first-order valence-electron chi connectivity index (χ1n) is 7.30. The van der Waals surface area contributed by atoms with Crippen LogP contribution in [0, 0.1) is 0 Å². The Balaban J connectivity index is 1.97. The molecule has 0 atom stereocenters. The zero-order chi connectivity index (χ0) is 18.7. The fourth-order valence-electron chi connectivity index (χ4n) is 2.16. The lowest BCUT2D eigenvalue weighted by molar-refractivity contribution is -0.111. The first kappa shape index (κ1) is 18.8. The third-order valence-electron chi connectivity index (χ3n) is 3.39. The summed E-state index contributed by atoms with van der Waals surface area (Å²) in [6, 6.07) is 8.09. The van der Waals surface area contributed by atoms with Gasteiger partial charge in [0.2, 0.25) is 0 Å². The van der Waals surface area contributed by atoms with Crippen molar-refractivity contribution in [1.29, 1.82) is 0 Å². The van der Waals surface area contributed by atoms with Gasteiger partial charge in [-0.15, -0.1) is 0 Å². The number of carbonyl (C=O) groups excluding carboxylic acids is 1. The average Bonchev–Trinajstić information content (AvgIpc) is 3.23. The molecular formula is C17H13ClN2O3S3. The Kier molecular flexibility index (Phi) is 5.57. The van der Waals surface area contributed by atoms with Crippen LogP contribution in [-0.4, -0.2) is 25.6 Å². The van der Waals surface area contributed by atoms with Gasteiger partial charge in [-0.3, -0.25) is 10.1 Å². The van der Waals surface area contributed by atoms with E-state index in [4.69, 9.17) is 11.6 Å². The Bertz CT molecular complexity index is 1050. The molecule has 2 heterocycles. The summed E-state index contributed by atoms with van der Waals surface area (Å²) >= 11 is 8.53. The Labute approximate surface area is 163 Å². The van der Waals surface area contributed by atoms with Gasteiger partial charge in [-0.1, -0.05) is 35.1 Å². The van der Waals surface area contributed by atoms with Gasteiger partial charge in [-0.25, -0.2) is 13.4 Å². The van der Waals surface area contributed by atoms with E-state index < -0.39 is 9.84 Å². The molecule has 0 spiro atoms. The summed E-state index contributed by atoms with van der Waals surface area (Å²) in [7, 11) is -3.30. The molecule has 0 saturated heterocycles. The second-order valence-corrected chi connectivity index (χ2v) is 9.79. The number of benzene rings is 1. The van der Waals surface area contributed by atoms with E-state index in [1.807, 2.05) is 16.8 Å². The number of sulfone groups is 1. The number of nitrogens with zero attached hydrogens (tertiary/aromatic N) is 1. The van der Waals surface area contributed by atoms with E-state index in [-0.39, 0.29) is 10.8 Å². The molecule has 5 nitrogen and oxygen atoms in total. The van der Waals surface area contributed by atoms with E-state index in [0.29, 0.717) is 20.6 Å². The molecule has 0 unspecified atom stereocenters. The number of hydrogen-bond donors (Lipinski definition) is 1. The summed E-state index contributed by atoms with van der Waals surface area (Å²) in [5, 5.41) is 6.94. The van der Waals surface area contributed by atoms with Crippen LogP contribution in [0.5, 0.6) is 0 Å². The van der Waals surface area contributed by atoms with E-state index >= 15 is 0 Å². The van der Waals surface area contributed by atoms with Crippen LogP contribution in [0.1, 0.15) is 11.1 Å². The van der Waals surface area contributed by atoms with Gasteiger partial charge in [-0.2, -0.15) is 11.3 Å². The van der Waals surface area contributed by atoms with Gasteiger partial charge in [0.1, 0.15) is 4.34 Å². The molecule has 0 bridgehead atoms. The molecule has 0 radical (unpaired) electrons. The quantitative estimate of drug-likeness (QED) is 0.614. The molecule has 1 aromatic carbocycles. The first-order chi connectivity index (χ1) is 12.3. The summed E-state index contributed by atoms with van der Waals surface area (Å²) in [5.74, 6) is -0.352. The standard InChI is InChI=1S/C17H13ClN2O3S3/c1-26(22,23)13-4-2-12(3-5-13)14(8-11-6-7-24-10-11)16(21)20-17-19-9-15(18)25-17/h2-10H,1H3,(H,19,20,21). The van der Waals surface area contributed by atoms with E-state index in [0.717, 1.165) is 23.2 Å². The van der Waals surface area contributed by atoms with Crippen LogP contribution in [0.2, 0.25) is 4.34 Å². The number of halogens is 1. The number of carbonyl (C=O) groups is 1. The van der Waals surface area contributed by atoms with Crippen LogP contribution in [0.4, 0.5) is 5.13 Å². The molecule has 0 aliphatic carbocycles. The number of thiophene rings is 1. The zero-order valence-electron chi connectivity index (χ0n) is 13.5. The Morgan fingerprint density at radius 2 is 1.96 bits per heavy atom. The molecule has 134 valence electrons. The molecule has 0 fully saturated rings. The normalized spacial score (nSPS) is 12.2. The van der Waals surface area contributed by atoms with E-state index in [2.05, 4.69) is 10.3 Å². The van der Waals surface area contributed by atoms with E-state index in [1.165, 1.54) is 29.7 Å². The third kappa shape index (κ3) is 4.59. The fourth-order valence-corrected chi connectivity index (χ4v) is 4.22. The molecule has 1 amide bonds. The maximum Gasteiger partial charge on any atom is 0.258 e. The lowest BCUT2D eigenvalue weighted by atomic mass is 10.0. The van der Waals surface area contributed by atoms with Crippen LogP contribution in [0.15, 0.2) is 52.2 Å². The van der Waals surface area contributed by atoms with Crippen molar-refractivity contribution in [2.45, 2.75) is 4.90 Å². The zero-order valence-corrected chi connectivity index (χ0v) is 16.7. The highest BCUT2D eigenvalue weighted by Crippen LogP contribution is 2.26. The van der Waals surface area contributed by atoms with Crippen molar-refractivity contribution < 1.29 is 13.2 Å². The number of anilines is 1. The van der Waals surface area contributed by atoms with E-state index in [1.54, 1.807) is 18.2 Å². The SMILES string of the molecule is CS(=O)(=O)c1ccc(C(=Cc2ccsc2)C(=O)Nc2ncc(Cl)s2)cc1. The lowest BCUT2D eigenvalue weighted by Crippen LogP contribution is -2.13. The average molecular weight is 425 g/mol. The highest BCUT2D eigenvalue weighted by Gasteiger charge is 2.16. The number of rotatable bonds is 5. The summed E-state index contributed by atoms with van der Waals surface area (Å²) in [6.07, 6.45) is 4.35. The Morgan fingerprint density at radius 1 is 1.23 bits per heavy atom. The molecule has 0 aliphatic rings. The largest absolute Gasteiger partial charge is 0.298 e. The topological polar surface area (TPSA) is 76.1 Å². The van der Waals surface area contributed by atoms with Gasteiger partial charge < -0.3 is 0 Å². The predicted octanol–water partition coefficient (Wildman–Crippen LogP) is 4.44. The van der Waals surface area contributed by atoms with Gasteiger partial charge in [0, 0.05) is 11.8 Å². The van der Waals surface area contributed by atoms with Crippen molar-refractivity contribution in [2.24, 2.45) is 0 Å². The monoisotopic (exact) mass is 424 g/mol. The van der Waals surface area contributed by atoms with Crippen molar-refractivity contribution in [3.63, 3.8) is 0 Å². The number of hydrogen-bond acceptors (Lipinski definition) is 6. The maximum atomic E-state index is 12.8. The number of aromatic nitrogens is 1. The smallest absolute Gasteiger partial charge is 0.258 e. The molecule has 0 saturated carbocycles. The van der Waals surface area contributed by atoms with E-state index in [9.17, 15) is 13.2 Å². The predicted molar refractivity (Wildman–Crippen MR) is 107 cm³/mol. The summed E-state index contributed by atoms with van der Waals surface area (Å²) in [5.41, 5.74) is 1.88. The molecule has 3 aromatic rings. The number of thiazole rings is 1. The molecule has 26 heavy (non-hydrogen) atoms. The maximum absolute atomic E-state index is 12.8. The summed E-state index contributed by atoms with van der Waals surface area (Å²) < 4.78 is 23.7. The fraction of sp³-hybridized carbons (Fsp3) is 0.0588. The van der Waals surface area contributed by atoms with Crippen molar-refractivity contribution in [3.05, 3.63) is 62.8 Å². The van der Waals surface area contributed by atoms with Crippen molar-refractivity contribution in [1.82, 2.24) is 4.98 Å². The second kappa shape index (κ2) is 7.71. The summed E-state index contributed by atoms with van der Waals surface area (Å²) in [4.78, 5) is 17.0. The van der Waals surface area contributed by atoms with Gasteiger partial charge in [-0.05, 0) is 46.2 Å². The highest BCUT2D eigenvalue weighted by molar-refractivity contribution is 7.90. The highest BCUT2D eigenvalue weighted by atomic mass is 35.5. The Hall–Kier alpha value is -2.00. The minimum atomic E-state index is -3.30.